The molecule has 0 saturated heterocycles. The number of carbonyl (C=O) groups is 4. The van der Waals surface area contributed by atoms with Gasteiger partial charge in [0.05, 0.1) is 6.04 Å². The van der Waals surface area contributed by atoms with E-state index in [2.05, 4.69) is 16.0 Å². The molecule has 0 radical (unpaired) electrons. The van der Waals surface area contributed by atoms with Gasteiger partial charge in [-0.1, -0.05) is 50.6 Å². The van der Waals surface area contributed by atoms with Crippen molar-refractivity contribution < 1.29 is 24.3 Å². The maximum Gasteiger partial charge on any atom is 0.325 e. The van der Waals surface area contributed by atoms with Gasteiger partial charge in [-0.15, -0.1) is 0 Å². The van der Waals surface area contributed by atoms with Gasteiger partial charge in [0.2, 0.25) is 17.7 Å². The lowest BCUT2D eigenvalue weighted by molar-refractivity contribution is -0.141. The molecule has 0 aliphatic rings. The number of benzene rings is 1. The molecule has 10 heteroatoms. The third kappa shape index (κ3) is 9.83. The molecule has 0 aliphatic carbocycles. The average molecular weight is 481 g/mol. The molecule has 0 fully saturated rings. The van der Waals surface area contributed by atoms with Crippen LogP contribution in [-0.2, 0) is 25.6 Å². The first-order chi connectivity index (χ1) is 15.6. The zero-order valence-corrected chi connectivity index (χ0v) is 20.5. The first-order valence-corrected chi connectivity index (χ1v) is 12.4. The van der Waals surface area contributed by atoms with Crippen molar-refractivity contribution in [3.05, 3.63) is 35.9 Å². The Morgan fingerprint density at radius 1 is 0.970 bits per heavy atom. The Morgan fingerprint density at radius 2 is 1.55 bits per heavy atom. The molecular formula is C23H36N4O5S. The molecule has 5 unspecified atom stereocenters. The minimum Gasteiger partial charge on any atom is -0.480 e. The molecule has 0 aliphatic heterocycles. The van der Waals surface area contributed by atoms with Crippen LogP contribution in [0.3, 0.4) is 0 Å². The van der Waals surface area contributed by atoms with E-state index in [4.69, 9.17) is 10.8 Å². The monoisotopic (exact) mass is 480 g/mol. The first kappa shape index (κ1) is 28.4. The van der Waals surface area contributed by atoms with Crippen LogP contribution in [0.4, 0.5) is 0 Å². The molecule has 5 atom stereocenters. The molecule has 1 aromatic rings. The molecule has 1 rings (SSSR count). The van der Waals surface area contributed by atoms with Crippen LogP contribution in [-0.4, -0.2) is 65.0 Å². The lowest BCUT2D eigenvalue weighted by Gasteiger charge is -2.26. The van der Waals surface area contributed by atoms with Gasteiger partial charge in [-0.25, -0.2) is 0 Å². The first-order valence-electron chi connectivity index (χ1n) is 11.0. The highest BCUT2D eigenvalue weighted by Crippen LogP contribution is 2.09. The van der Waals surface area contributed by atoms with Gasteiger partial charge in [0.1, 0.15) is 18.1 Å². The topological polar surface area (TPSA) is 151 Å². The van der Waals surface area contributed by atoms with E-state index in [1.165, 1.54) is 18.7 Å². The molecule has 0 bridgehead atoms. The maximum absolute atomic E-state index is 13.2. The van der Waals surface area contributed by atoms with E-state index in [1.54, 1.807) is 0 Å². The van der Waals surface area contributed by atoms with Crippen LogP contribution in [0.25, 0.3) is 0 Å². The van der Waals surface area contributed by atoms with Crippen LogP contribution in [0.1, 0.15) is 39.2 Å². The summed E-state index contributed by atoms with van der Waals surface area (Å²) in [5, 5.41) is 16.9. The van der Waals surface area contributed by atoms with E-state index in [9.17, 15) is 19.2 Å². The number of aliphatic carboxylic acids is 1. The Balaban J connectivity index is 3.04. The number of amides is 3. The average Bonchev–Trinajstić information content (AvgIpc) is 2.80. The maximum atomic E-state index is 13.2. The summed E-state index contributed by atoms with van der Waals surface area (Å²) in [5.41, 5.74) is 6.88. The smallest absolute Gasteiger partial charge is 0.325 e. The molecule has 0 spiro atoms. The molecule has 33 heavy (non-hydrogen) atoms. The number of carboxylic acids is 1. The third-order valence-electron chi connectivity index (χ3n) is 5.45. The molecule has 184 valence electrons. The molecule has 0 saturated carbocycles. The number of carbonyl (C=O) groups excluding carboxylic acids is 3. The second-order valence-electron chi connectivity index (χ2n) is 8.07. The standard InChI is InChI=1S/C23H36N4O5S/c1-5-14(2)19(24)22(30)27-18(13-16-9-7-6-8-10-16)21(29)26-17(11-12-33-4)20(28)25-15(3)23(31)32/h6-10,14-15,17-19H,5,11-13,24H2,1-4H3,(H,25,28)(H,26,29)(H,27,30)(H,31,32). The molecule has 9 nitrogen and oxygen atoms in total. The quantitative estimate of drug-likeness (QED) is 0.266. The van der Waals surface area contributed by atoms with Gasteiger partial charge < -0.3 is 26.8 Å². The fourth-order valence-electron chi connectivity index (χ4n) is 2.99. The van der Waals surface area contributed by atoms with Crippen molar-refractivity contribution in [3.63, 3.8) is 0 Å². The van der Waals surface area contributed by atoms with E-state index in [0.29, 0.717) is 18.6 Å². The Kier molecular flexibility index (Phi) is 12.5. The Bertz CT molecular complexity index is 792. The third-order valence-corrected chi connectivity index (χ3v) is 6.09. The largest absolute Gasteiger partial charge is 0.480 e. The van der Waals surface area contributed by atoms with Crippen LogP contribution in [0.5, 0.6) is 0 Å². The summed E-state index contributed by atoms with van der Waals surface area (Å²) in [6.45, 7) is 5.14. The highest BCUT2D eigenvalue weighted by Gasteiger charge is 2.30. The molecule has 6 N–H and O–H groups in total. The van der Waals surface area contributed by atoms with Crippen molar-refractivity contribution in [1.29, 1.82) is 0 Å². The van der Waals surface area contributed by atoms with E-state index in [-0.39, 0.29) is 12.3 Å². The Morgan fingerprint density at radius 3 is 2.09 bits per heavy atom. The highest BCUT2D eigenvalue weighted by molar-refractivity contribution is 7.98. The van der Waals surface area contributed by atoms with E-state index in [1.807, 2.05) is 50.4 Å². The zero-order valence-electron chi connectivity index (χ0n) is 19.7. The number of thioether (sulfide) groups is 1. The molecule has 0 heterocycles. The van der Waals surface area contributed by atoms with Crippen molar-refractivity contribution >= 4 is 35.5 Å². The highest BCUT2D eigenvalue weighted by atomic mass is 32.2. The van der Waals surface area contributed by atoms with Crippen molar-refractivity contribution in [3.8, 4) is 0 Å². The molecular weight excluding hydrogens is 444 g/mol. The SMILES string of the molecule is CCC(C)C(N)C(=O)NC(Cc1ccccc1)C(=O)NC(CCSC)C(=O)NC(C)C(=O)O. The van der Waals surface area contributed by atoms with Crippen LogP contribution in [0.2, 0.25) is 0 Å². The van der Waals surface area contributed by atoms with E-state index in [0.717, 1.165) is 5.56 Å². The van der Waals surface area contributed by atoms with Crippen molar-refractivity contribution in [1.82, 2.24) is 16.0 Å². The summed E-state index contributed by atoms with van der Waals surface area (Å²) in [6, 6.07) is 5.44. The van der Waals surface area contributed by atoms with Crippen LogP contribution < -0.4 is 21.7 Å². The summed E-state index contributed by atoms with van der Waals surface area (Å²) in [7, 11) is 0. The predicted octanol–water partition coefficient (Wildman–Crippen LogP) is 0.915. The summed E-state index contributed by atoms with van der Waals surface area (Å²) >= 11 is 1.50. The van der Waals surface area contributed by atoms with Crippen LogP contribution in [0.15, 0.2) is 30.3 Å². The zero-order chi connectivity index (χ0) is 25.0. The van der Waals surface area contributed by atoms with Crippen molar-refractivity contribution in [2.45, 2.75) is 64.2 Å². The number of nitrogens with one attached hydrogen (secondary N) is 3. The molecule has 1 aromatic carbocycles. The fourth-order valence-corrected chi connectivity index (χ4v) is 3.46. The lowest BCUT2D eigenvalue weighted by atomic mass is 9.98. The minimum absolute atomic E-state index is 0.0666. The van der Waals surface area contributed by atoms with Crippen LogP contribution in [0, 0.1) is 5.92 Å². The number of carboxylic acid groups (broad SMARTS) is 1. The number of rotatable bonds is 14. The minimum atomic E-state index is -1.17. The van der Waals surface area contributed by atoms with Crippen molar-refractivity contribution in [2.24, 2.45) is 11.7 Å². The van der Waals surface area contributed by atoms with E-state index >= 15 is 0 Å². The summed E-state index contributed by atoms with van der Waals surface area (Å²) in [5.74, 6) is -2.23. The van der Waals surface area contributed by atoms with Crippen LogP contribution >= 0.6 is 11.8 Å². The van der Waals surface area contributed by atoms with Gasteiger partial charge in [0, 0.05) is 6.42 Å². The van der Waals surface area contributed by atoms with Gasteiger partial charge in [-0.05, 0) is 36.8 Å². The lowest BCUT2D eigenvalue weighted by Crippen LogP contribution is -2.58. The number of hydrogen-bond acceptors (Lipinski definition) is 6. The number of nitrogens with two attached hydrogens (primary N) is 1. The van der Waals surface area contributed by atoms with Gasteiger partial charge in [-0.2, -0.15) is 11.8 Å². The summed E-state index contributed by atoms with van der Waals surface area (Å²) in [6.07, 6.45) is 3.10. The normalized spacial score (nSPS) is 15.4. The molecule has 3 amide bonds. The van der Waals surface area contributed by atoms with Gasteiger partial charge in [0.25, 0.3) is 0 Å². The van der Waals surface area contributed by atoms with Crippen molar-refractivity contribution in [2.75, 3.05) is 12.0 Å². The van der Waals surface area contributed by atoms with Gasteiger partial charge in [0.15, 0.2) is 0 Å². The van der Waals surface area contributed by atoms with Gasteiger partial charge >= 0.3 is 5.97 Å². The molecule has 0 aromatic heterocycles. The summed E-state index contributed by atoms with van der Waals surface area (Å²) < 4.78 is 0. The Hall–Kier alpha value is -2.59. The second-order valence-corrected chi connectivity index (χ2v) is 9.06. The number of hydrogen-bond donors (Lipinski definition) is 5. The summed E-state index contributed by atoms with van der Waals surface area (Å²) in [4.78, 5) is 49.6. The van der Waals surface area contributed by atoms with E-state index < -0.39 is 47.9 Å². The predicted molar refractivity (Wildman–Crippen MR) is 130 cm³/mol. The second kappa shape index (κ2) is 14.5. The van der Waals surface area contributed by atoms with Gasteiger partial charge in [-0.3, -0.25) is 19.2 Å². The Labute approximate surface area is 199 Å². The fraction of sp³-hybridized carbons (Fsp3) is 0.565.